The molecule has 3 heteroatoms. The number of methoxy groups -OCH3 is 1. The van der Waals surface area contributed by atoms with Crippen LogP contribution in [-0.4, -0.2) is 23.3 Å². The minimum Gasteiger partial charge on any atom is -0.384 e. The zero-order valence-corrected chi connectivity index (χ0v) is 7.36. The largest absolute Gasteiger partial charge is 0.384 e. The van der Waals surface area contributed by atoms with Gasteiger partial charge < -0.3 is 9.30 Å². The first-order chi connectivity index (χ1) is 5.85. The van der Waals surface area contributed by atoms with Gasteiger partial charge in [0.25, 0.3) is 0 Å². The Morgan fingerprint density at radius 3 is 2.92 bits per heavy atom. The summed E-state index contributed by atoms with van der Waals surface area (Å²) in [6, 6.07) is 0. The molecule has 0 bridgehead atoms. The zero-order chi connectivity index (χ0) is 8.44. The minimum absolute atomic E-state index is 0.426. The van der Waals surface area contributed by atoms with Gasteiger partial charge in [-0.3, -0.25) is 0 Å². The van der Waals surface area contributed by atoms with E-state index in [0.717, 1.165) is 13.2 Å². The Bertz CT molecular complexity index is 239. The van der Waals surface area contributed by atoms with E-state index >= 15 is 0 Å². The number of imidazole rings is 1. The highest BCUT2D eigenvalue weighted by Gasteiger charge is 2.42. The van der Waals surface area contributed by atoms with Crippen molar-refractivity contribution in [3.8, 4) is 0 Å². The molecule has 66 valence electrons. The van der Waals surface area contributed by atoms with E-state index in [2.05, 4.69) is 9.55 Å². The van der Waals surface area contributed by atoms with Crippen LogP contribution >= 0.6 is 0 Å². The van der Waals surface area contributed by atoms with E-state index < -0.39 is 0 Å². The summed E-state index contributed by atoms with van der Waals surface area (Å²) in [4.78, 5) is 4.02. The van der Waals surface area contributed by atoms with E-state index in [1.54, 1.807) is 7.11 Å². The molecule has 0 unspecified atom stereocenters. The standard InChI is InChI=1S/C9H14N2O/c1-12-7-9(2-3-9)6-11-5-4-10-8-11/h4-5,8H,2-3,6-7H2,1H3. The van der Waals surface area contributed by atoms with Gasteiger partial charge >= 0.3 is 0 Å². The van der Waals surface area contributed by atoms with Crippen LogP contribution in [-0.2, 0) is 11.3 Å². The third kappa shape index (κ3) is 1.50. The van der Waals surface area contributed by atoms with Gasteiger partial charge in [0, 0.05) is 31.5 Å². The fourth-order valence-corrected chi connectivity index (χ4v) is 1.60. The third-order valence-corrected chi connectivity index (χ3v) is 2.48. The SMILES string of the molecule is COCC1(Cn2ccnc2)CC1. The third-order valence-electron chi connectivity index (χ3n) is 2.48. The molecule has 0 spiro atoms. The smallest absolute Gasteiger partial charge is 0.0946 e. The molecule has 3 nitrogen and oxygen atoms in total. The van der Waals surface area contributed by atoms with E-state index in [0.29, 0.717) is 5.41 Å². The molecule has 1 aromatic heterocycles. The second-order valence-electron chi connectivity index (χ2n) is 3.67. The molecule has 0 aromatic carbocycles. The predicted molar refractivity (Wildman–Crippen MR) is 45.8 cm³/mol. The van der Waals surface area contributed by atoms with Gasteiger partial charge in [0.2, 0.25) is 0 Å². The van der Waals surface area contributed by atoms with Crippen LogP contribution in [0.5, 0.6) is 0 Å². The Kier molecular flexibility index (Phi) is 1.89. The second-order valence-corrected chi connectivity index (χ2v) is 3.67. The highest BCUT2D eigenvalue weighted by Crippen LogP contribution is 2.47. The van der Waals surface area contributed by atoms with Gasteiger partial charge in [-0.1, -0.05) is 0 Å². The van der Waals surface area contributed by atoms with Crippen molar-refractivity contribution in [3.05, 3.63) is 18.7 Å². The van der Waals surface area contributed by atoms with Gasteiger partial charge in [-0.15, -0.1) is 0 Å². The van der Waals surface area contributed by atoms with Gasteiger partial charge in [0.05, 0.1) is 12.9 Å². The Labute approximate surface area is 72.4 Å². The average molecular weight is 166 g/mol. The van der Waals surface area contributed by atoms with Crippen molar-refractivity contribution in [2.24, 2.45) is 5.41 Å². The highest BCUT2D eigenvalue weighted by molar-refractivity contribution is 4.94. The Balaban J connectivity index is 1.94. The summed E-state index contributed by atoms with van der Waals surface area (Å²) in [7, 11) is 1.77. The summed E-state index contributed by atoms with van der Waals surface area (Å²) < 4.78 is 7.32. The number of nitrogens with zero attached hydrogens (tertiary/aromatic N) is 2. The molecule has 1 aromatic rings. The summed E-state index contributed by atoms with van der Waals surface area (Å²) in [5, 5.41) is 0. The Morgan fingerprint density at radius 2 is 2.42 bits per heavy atom. The lowest BCUT2D eigenvalue weighted by molar-refractivity contribution is 0.131. The quantitative estimate of drug-likeness (QED) is 0.674. The number of ether oxygens (including phenoxy) is 1. The van der Waals surface area contributed by atoms with Gasteiger partial charge in [-0.25, -0.2) is 4.98 Å². The van der Waals surface area contributed by atoms with Gasteiger partial charge in [0.1, 0.15) is 0 Å². The fraction of sp³-hybridized carbons (Fsp3) is 0.667. The maximum Gasteiger partial charge on any atom is 0.0946 e. The van der Waals surface area contributed by atoms with Crippen molar-refractivity contribution in [2.45, 2.75) is 19.4 Å². The lowest BCUT2D eigenvalue weighted by atomic mass is 10.1. The van der Waals surface area contributed by atoms with Crippen LogP contribution in [0, 0.1) is 5.41 Å². The molecule has 1 aliphatic rings. The normalized spacial score (nSPS) is 19.4. The molecule has 0 radical (unpaired) electrons. The van der Waals surface area contributed by atoms with Crippen molar-refractivity contribution < 1.29 is 4.74 Å². The summed E-state index contributed by atoms with van der Waals surface area (Å²) in [6.45, 7) is 1.94. The lowest BCUT2D eigenvalue weighted by Crippen LogP contribution is -2.15. The van der Waals surface area contributed by atoms with Crippen LogP contribution in [0.2, 0.25) is 0 Å². The molecule has 1 fully saturated rings. The summed E-state index contributed by atoms with van der Waals surface area (Å²) in [5.74, 6) is 0. The number of aromatic nitrogens is 2. The van der Waals surface area contributed by atoms with Crippen molar-refractivity contribution in [1.29, 1.82) is 0 Å². The van der Waals surface area contributed by atoms with Crippen LogP contribution in [0.1, 0.15) is 12.8 Å². The average Bonchev–Trinajstić information content (AvgIpc) is 2.63. The van der Waals surface area contributed by atoms with E-state index in [1.807, 2.05) is 18.7 Å². The predicted octanol–water partition coefficient (Wildman–Crippen LogP) is 1.31. The highest BCUT2D eigenvalue weighted by atomic mass is 16.5. The maximum atomic E-state index is 5.18. The van der Waals surface area contributed by atoms with Gasteiger partial charge in [0.15, 0.2) is 0 Å². The molecule has 0 N–H and O–H groups in total. The number of hydrogen-bond donors (Lipinski definition) is 0. The number of hydrogen-bond acceptors (Lipinski definition) is 2. The molecule has 12 heavy (non-hydrogen) atoms. The van der Waals surface area contributed by atoms with Crippen molar-refractivity contribution in [1.82, 2.24) is 9.55 Å². The van der Waals surface area contributed by atoms with E-state index in [-0.39, 0.29) is 0 Å². The van der Waals surface area contributed by atoms with Gasteiger partial charge in [-0.2, -0.15) is 0 Å². The van der Waals surface area contributed by atoms with E-state index in [1.165, 1.54) is 12.8 Å². The molecule has 0 aliphatic heterocycles. The van der Waals surface area contributed by atoms with E-state index in [9.17, 15) is 0 Å². The first kappa shape index (κ1) is 7.80. The first-order valence-corrected chi connectivity index (χ1v) is 4.29. The van der Waals surface area contributed by atoms with Gasteiger partial charge in [-0.05, 0) is 12.8 Å². The molecular formula is C9H14N2O. The molecule has 0 amide bonds. The van der Waals surface area contributed by atoms with Crippen molar-refractivity contribution >= 4 is 0 Å². The summed E-state index contributed by atoms with van der Waals surface area (Å²) in [6.07, 6.45) is 8.28. The second kappa shape index (κ2) is 2.90. The Morgan fingerprint density at radius 1 is 1.58 bits per heavy atom. The molecule has 1 saturated carbocycles. The first-order valence-electron chi connectivity index (χ1n) is 4.29. The monoisotopic (exact) mass is 166 g/mol. The van der Waals surface area contributed by atoms with Crippen molar-refractivity contribution in [3.63, 3.8) is 0 Å². The number of rotatable bonds is 4. The van der Waals surface area contributed by atoms with Crippen LogP contribution in [0.3, 0.4) is 0 Å². The molecule has 0 atom stereocenters. The maximum absolute atomic E-state index is 5.18. The summed E-state index contributed by atoms with van der Waals surface area (Å²) in [5.41, 5.74) is 0.426. The van der Waals surface area contributed by atoms with Crippen molar-refractivity contribution in [2.75, 3.05) is 13.7 Å². The van der Waals surface area contributed by atoms with Crippen LogP contribution in [0.15, 0.2) is 18.7 Å². The topological polar surface area (TPSA) is 27.1 Å². The van der Waals surface area contributed by atoms with Crippen LogP contribution < -0.4 is 0 Å². The van der Waals surface area contributed by atoms with E-state index in [4.69, 9.17) is 4.74 Å². The molecule has 1 heterocycles. The fourth-order valence-electron chi connectivity index (χ4n) is 1.60. The van der Waals surface area contributed by atoms with Crippen LogP contribution in [0.25, 0.3) is 0 Å². The molecular weight excluding hydrogens is 152 g/mol. The molecule has 1 aliphatic carbocycles. The summed E-state index contributed by atoms with van der Waals surface area (Å²) >= 11 is 0. The minimum atomic E-state index is 0.426. The van der Waals surface area contributed by atoms with Crippen LogP contribution in [0.4, 0.5) is 0 Å². The lowest BCUT2D eigenvalue weighted by Gasteiger charge is -2.13. The molecule has 2 rings (SSSR count). The molecule has 0 saturated heterocycles. The Hall–Kier alpha value is -0.830. The zero-order valence-electron chi connectivity index (χ0n) is 7.36.